The first-order valence-corrected chi connectivity index (χ1v) is 17.0. The number of aromatic nitrogens is 2. The Balaban J connectivity index is 1.36. The van der Waals surface area contributed by atoms with E-state index in [1.54, 1.807) is 27.7 Å². The molecule has 5 rings (SSSR count). The largest absolute Gasteiger partial charge is 0.455 e. The summed E-state index contributed by atoms with van der Waals surface area (Å²) in [5.41, 5.74) is -2.39. The zero-order valence-electron chi connectivity index (χ0n) is 27.3. The standard InChI is InChI=1S/C32H38F3N5O7S/c1-20(2)38(5)48(43,44)26-9-7-6-8-25(26)46-24-11-10-22(18-23(24)32(33,34)35)28-36-27(47-37-28)19-39-29(41)31(3,4)40(30(39)42)15-12-21-13-16-45-17-14-21/h6-11,18,20-21H,12-17,19H2,1-5H3. The van der Waals surface area contributed by atoms with Gasteiger partial charge < -0.3 is 18.9 Å². The number of carbonyl (C=O) groups excluding carboxylic acids is 2. The van der Waals surface area contributed by atoms with Crippen molar-refractivity contribution >= 4 is 22.0 Å². The topological polar surface area (TPSA) is 135 Å². The normalized spacial score (nSPS) is 17.6. The SMILES string of the molecule is CC(C)N(C)S(=O)(=O)c1ccccc1Oc1ccc(-c2noc(CN3C(=O)N(CCC4CCOCC4)C(C)(C)C3=O)n2)cc1C(F)(F)F. The molecule has 0 aliphatic carbocycles. The fourth-order valence-electron chi connectivity index (χ4n) is 5.63. The van der Waals surface area contributed by atoms with Gasteiger partial charge in [0, 0.05) is 38.4 Å². The zero-order valence-corrected chi connectivity index (χ0v) is 28.1. The third-order valence-corrected chi connectivity index (χ3v) is 10.8. The molecule has 0 spiro atoms. The maximum atomic E-state index is 14.3. The fourth-order valence-corrected chi connectivity index (χ4v) is 7.11. The summed E-state index contributed by atoms with van der Waals surface area (Å²) < 4.78 is 86.6. The molecule has 16 heteroatoms. The minimum Gasteiger partial charge on any atom is -0.455 e. The molecule has 2 fully saturated rings. The number of hydrogen-bond donors (Lipinski definition) is 0. The van der Waals surface area contributed by atoms with E-state index in [4.69, 9.17) is 14.0 Å². The molecule has 0 unspecified atom stereocenters. The number of alkyl halides is 3. The van der Waals surface area contributed by atoms with E-state index in [2.05, 4.69) is 10.1 Å². The maximum absolute atomic E-state index is 14.3. The van der Waals surface area contributed by atoms with Crippen molar-refractivity contribution < 1.29 is 45.2 Å². The van der Waals surface area contributed by atoms with E-state index < -0.39 is 51.0 Å². The summed E-state index contributed by atoms with van der Waals surface area (Å²) in [5.74, 6) is -1.34. The van der Waals surface area contributed by atoms with E-state index in [-0.39, 0.29) is 34.5 Å². The zero-order chi connectivity index (χ0) is 35.0. The van der Waals surface area contributed by atoms with Crippen LogP contribution in [0, 0.1) is 5.92 Å². The van der Waals surface area contributed by atoms with Crippen molar-refractivity contribution in [3.05, 3.63) is 53.9 Å². The predicted molar refractivity (Wildman–Crippen MR) is 166 cm³/mol. The van der Waals surface area contributed by atoms with Crippen LogP contribution >= 0.6 is 0 Å². The second-order valence-corrected chi connectivity index (χ2v) is 14.6. The van der Waals surface area contributed by atoms with Gasteiger partial charge in [-0.3, -0.25) is 9.69 Å². The van der Waals surface area contributed by atoms with Crippen LogP contribution in [-0.4, -0.2) is 83.0 Å². The van der Waals surface area contributed by atoms with Crippen LogP contribution in [-0.2, 0) is 32.3 Å². The Kier molecular flexibility index (Phi) is 9.91. The summed E-state index contributed by atoms with van der Waals surface area (Å²) in [6.45, 7) is 8.01. The number of urea groups is 1. The van der Waals surface area contributed by atoms with Crippen LogP contribution in [0.15, 0.2) is 51.9 Å². The van der Waals surface area contributed by atoms with Gasteiger partial charge in [-0.25, -0.2) is 13.2 Å². The lowest BCUT2D eigenvalue weighted by Gasteiger charge is -2.30. The van der Waals surface area contributed by atoms with E-state index in [0.29, 0.717) is 25.7 Å². The number of carbonyl (C=O) groups is 2. The lowest BCUT2D eigenvalue weighted by Crippen LogP contribution is -2.45. The monoisotopic (exact) mass is 693 g/mol. The van der Waals surface area contributed by atoms with E-state index in [1.807, 2.05) is 0 Å². The van der Waals surface area contributed by atoms with Crippen LogP contribution in [0.5, 0.6) is 11.5 Å². The molecule has 2 aliphatic rings. The quantitative estimate of drug-likeness (QED) is 0.224. The van der Waals surface area contributed by atoms with Gasteiger partial charge in [0.25, 0.3) is 5.91 Å². The predicted octanol–water partition coefficient (Wildman–Crippen LogP) is 5.94. The Morgan fingerprint density at radius 3 is 2.44 bits per heavy atom. The van der Waals surface area contributed by atoms with Crippen molar-refractivity contribution in [2.75, 3.05) is 26.8 Å². The van der Waals surface area contributed by atoms with Crippen LogP contribution in [0.1, 0.15) is 58.4 Å². The molecule has 3 aromatic rings. The van der Waals surface area contributed by atoms with Gasteiger partial charge in [0.05, 0.1) is 5.56 Å². The van der Waals surface area contributed by atoms with Crippen molar-refractivity contribution in [1.29, 1.82) is 0 Å². The molecule has 260 valence electrons. The van der Waals surface area contributed by atoms with Gasteiger partial charge in [0.2, 0.25) is 21.7 Å². The lowest BCUT2D eigenvalue weighted by molar-refractivity contribution is -0.138. The molecule has 0 bridgehead atoms. The molecule has 0 radical (unpaired) electrons. The van der Waals surface area contributed by atoms with Crippen molar-refractivity contribution in [2.24, 2.45) is 5.92 Å². The van der Waals surface area contributed by atoms with Crippen LogP contribution in [0.25, 0.3) is 11.4 Å². The average Bonchev–Trinajstić information content (AvgIpc) is 3.57. The summed E-state index contributed by atoms with van der Waals surface area (Å²) in [4.78, 5) is 33.0. The number of ether oxygens (including phenoxy) is 2. The molecule has 48 heavy (non-hydrogen) atoms. The molecule has 3 amide bonds. The second kappa shape index (κ2) is 13.5. The number of benzene rings is 2. The van der Waals surface area contributed by atoms with E-state index >= 15 is 0 Å². The number of hydrogen-bond acceptors (Lipinski definition) is 9. The maximum Gasteiger partial charge on any atom is 0.420 e. The van der Waals surface area contributed by atoms with E-state index in [0.717, 1.165) is 40.6 Å². The van der Waals surface area contributed by atoms with E-state index in [9.17, 15) is 31.2 Å². The Bertz CT molecular complexity index is 1770. The first-order valence-electron chi connectivity index (χ1n) is 15.5. The number of imide groups is 1. The highest BCUT2D eigenvalue weighted by Gasteiger charge is 2.51. The van der Waals surface area contributed by atoms with Gasteiger partial charge in [0.1, 0.15) is 28.5 Å². The molecule has 0 saturated carbocycles. The highest BCUT2D eigenvalue weighted by atomic mass is 32.2. The molecule has 0 atom stereocenters. The number of halogens is 3. The number of sulfonamides is 1. The molecule has 1 aromatic heterocycles. The summed E-state index contributed by atoms with van der Waals surface area (Å²) in [6.07, 6.45) is -2.41. The summed E-state index contributed by atoms with van der Waals surface area (Å²) >= 11 is 0. The molecule has 2 aromatic carbocycles. The Morgan fingerprint density at radius 1 is 1.08 bits per heavy atom. The Labute approximate surface area is 276 Å². The molecule has 2 aliphatic heterocycles. The van der Waals surface area contributed by atoms with Crippen LogP contribution in [0.3, 0.4) is 0 Å². The second-order valence-electron chi connectivity index (χ2n) is 12.6. The number of rotatable bonds is 11. The Morgan fingerprint density at radius 2 is 1.77 bits per heavy atom. The first kappa shape index (κ1) is 35.3. The highest BCUT2D eigenvalue weighted by molar-refractivity contribution is 7.89. The summed E-state index contributed by atoms with van der Waals surface area (Å²) in [7, 11) is -2.72. The van der Waals surface area contributed by atoms with Crippen LogP contribution in [0.4, 0.5) is 18.0 Å². The fraction of sp³-hybridized carbons (Fsp3) is 0.500. The minimum atomic E-state index is -4.91. The first-order chi connectivity index (χ1) is 22.5. The molecule has 2 saturated heterocycles. The van der Waals surface area contributed by atoms with E-state index in [1.165, 1.54) is 42.3 Å². The molecule has 12 nitrogen and oxygen atoms in total. The molecular formula is C32H38F3N5O7S. The van der Waals surface area contributed by atoms with Crippen LogP contribution < -0.4 is 4.74 Å². The third-order valence-electron chi connectivity index (χ3n) is 8.76. The average molecular weight is 694 g/mol. The Hall–Kier alpha value is -4.02. The number of nitrogens with zero attached hydrogens (tertiary/aromatic N) is 5. The molecule has 0 N–H and O–H groups in total. The van der Waals surface area contributed by atoms with Crippen molar-refractivity contribution in [1.82, 2.24) is 24.2 Å². The summed E-state index contributed by atoms with van der Waals surface area (Å²) in [5, 5.41) is 3.80. The number of para-hydroxylation sites is 1. The van der Waals surface area contributed by atoms with Gasteiger partial charge >= 0.3 is 12.2 Å². The van der Waals surface area contributed by atoms with Gasteiger partial charge in [-0.05, 0) is 83.2 Å². The number of amides is 3. The lowest BCUT2D eigenvalue weighted by atomic mass is 9.95. The highest BCUT2D eigenvalue weighted by Crippen LogP contribution is 2.42. The molecule has 3 heterocycles. The van der Waals surface area contributed by atoms with Crippen molar-refractivity contribution in [3.8, 4) is 22.9 Å². The van der Waals surface area contributed by atoms with Gasteiger partial charge in [-0.2, -0.15) is 22.5 Å². The minimum absolute atomic E-state index is 0.0809. The van der Waals surface area contributed by atoms with Gasteiger partial charge in [-0.15, -0.1) is 0 Å². The van der Waals surface area contributed by atoms with Crippen molar-refractivity contribution in [2.45, 2.75) is 76.2 Å². The third kappa shape index (κ3) is 7.05. The van der Waals surface area contributed by atoms with Gasteiger partial charge in [0.15, 0.2) is 0 Å². The van der Waals surface area contributed by atoms with Crippen molar-refractivity contribution in [3.63, 3.8) is 0 Å². The summed E-state index contributed by atoms with van der Waals surface area (Å²) in [6, 6.07) is 7.57. The van der Waals surface area contributed by atoms with Crippen LogP contribution in [0.2, 0.25) is 0 Å². The molecular weight excluding hydrogens is 655 g/mol. The smallest absolute Gasteiger partial charge is 0.420 e. The van der Waals surface area contributed by atoms with Gasteiger partial charge in [-0.1, -0.05) is 17.3 Å².